The van der Waals surface area contributed by atoms with Crippen LogP contribution in [-0.2, 0) is 11.3 Å². The van der Waals surface area contributed by atoms with Crippen molar-refractivity contribution in [1.29, 1.82) is 0 Å². The summed E-state index contributed by atoms with van der Waals surface area (Å²) in [5, 5.41) is 0.212. The second kappa shape index (κ2) is 4.85. The van der Waals surface area contributed by atoms with E-state index in [1.807, 2.05) is 10.8 Å². The summed E-state index contributed by atoms with van der Waals surface area (Å²) in [4.78, 5) is 22.2. The number of carbonyl (C=O) groups is 1. The molecule has 2 heterocycles. The average Bonchev–Trinajstić information content (AvgIpc) is 2.76. The van der Waals surface area contributed by atoms with Gasteiger partial charge in [0.1, 0.15) is 6.29 Å². The van der Waals surface area contributed by atoms with Crippen molar-refractivity contribution in [2.45, 2.75) is 13.0 Å². The van der Waals surface area contributed by atoms with E-state index < -0.39 is 0 Å². The van der Waals surface area contributed by atoms with Gasteiger partial charge in [-0.15, -0.1) is 0 Å². The molecule has 82 valence electrons. The normalized spacial score (nSPS) is 10.3. The number of aldehydes is 1. The number of aromatic nitrogens is 4. The topological polar surface area (TPSA) is 60.7 Å². The van der Waals surface area contributed by atoms with Gasteiger partial charge >= 0.3 is 0 Å². The van der Waals surface area contributed by atoms with Crippen LogP contribution in [0.15, 0.2) is 24.9 Å². The Morgan fingerprint density at radius 2 is 2.06 bits per heavy atom. The van der Waals surface area contributed by atoms with E-state index in [1.165, 1.54) is 0 Å². The summed E-state index contributed by atoms with van der Waals surface area (Å²) in [6.07, 6.45) is 8.10. The van der Waals surface area contributed by atoms with Crippen LogP contribution in [0.1, 0.15) is 6.42 Å². The lowest BCUT2D eigenvalue weighted by Gasteiger charge is -1.96. The monoisotopic (exact) mass is 236 g/mol. The van der Waals surface area contributed by atoms with E-state index in [2.05, 4.69) is 15.0 Å². The molecular formula is C10H9ClN4O. The molecule has 5 nitrogen and oxygen atoms in total. The van der Waals surface area contributed by atoms with Crippen molar-refractivity contribution in [2.24, 2.45) is 0 Å². The summed E-state index contributed by atoms with van der Waals surface area (Å²) in [5.74, 6) is 0. The fourth-order valence-electron chi connectivity index (χ4n) is 1.28. The SMILES string of the molecule is O=CCCn1cnc(-c2cnc(Cl)nc2)c1. The first-order valence-corrected chi connectivity index (χ1v) is 5.10. The predicted molar refractivity (Wildman–Crippen MR) is 58.9 cm³/mol. The van der Waals surface area contributed by atoms with E-state index in [0.29, 0.717) is 13.0 Å². The maximum absolute atomic E-state index is 10.2. The van der Waals surface area contributed by atoms with Gasteiger partial charge < -0.3 is 9.36 Å². The Kier molecular flexibility index (Phi) is 3.26. The van der Waals surface area contributed by atoms with Crippen LogP contribution in [0.2, 0.25) is 5.28 Å². The van der Waals surface area contributed by atoms with Crippen LogP contribution < -0.4 is 0 Å². The van der Waals surface area contributed by atoms with Gasteiger partial charge in [-0.05, 0) is 11.6 Å². The van der Waals surface area contributed by atoms with Gasteiger partial charge in [-0.3, -0.25) is 0 Å². The van der Waals surface area contributed by atoms with Crippen molar-refractivity contribution < 1.29 is 4.79 Å². The Hall–Kier alpha value is -1.75. The van der Waals surface area contributed by atoms with Crippen molar-refractivity contribution in [3.05, 3.63) is 30.2 Å². The highest BCUT2D eigenvalue weighted by Crippen LogP contribution is 2.15. The minimum atomic E-state index is 0.212. The maximum atomic E-state index is 10.2. The summed E-state index contributed by atoms with van der Waals surface area (Å²) in [7, 11) is 0. The van der Waals surface area contributed by atoms with E-state index >= 15 is 0 Å². The average molecular weight is 237 g/mol. The van der Waals surface area contributed by atoms with Crippen molar-refractivity contribution in [2.75, 3.05) is 0 Å². The van der Waals surface area contributed by atoms with Gasteiger partial charge in [0.15, 0.2) is 0 Å². The largest absolute Gasteiger partial charge is 0.336 e. The maximum Gasteiger partial charge on any atom is 0.222 e. The van der Waals surface area contributed by atoms with Gasteiger partial charge in [-0.1, -0.05) is 0 Å². The van der Waals surface area contributed by atoms with E-state index in [-0.39, 0.29) is 5.28 Å². The minimum Gasteiger partial charge on any atom is -0.336 e. The second-order valence-corrected chi connectivity index (χ2v) is 3.53. The van der Waals surface area contributed by atoms with Gasteiger partial charge in [0.25, 0.3) is 0 Å². The molecule has 2 aromatic heterocycles. The molecule has 0 N–H and O–H groups in total. The second-order valence-electron chi connectivity index (χ2n) is 3.19. The Labute approximate surface area is 97.1 Å². The molecule has 0 aliphatic rings. The van der Waals surface area contributed by atoms with Gasteiger partial charge in [0.05, 0.1) is 12.0 Å². The number of halogens is 1. The van der Waals surface area contributed by atoms with E-state index in [0.717, 1.165) is 17.5 Å². The van der Waals surface area contributed by atoms with Crippen molar-refractivity contribution in [3.63, 3.8) is 0 Å². The standard InChI is InChI=1S/C10H9ClN4O/c11-10-12-4-8(5-13-10)9-6-15(7-14-9)2-1-3-16/h3-7H,1-2H2. The molecule has 0 spiro atoms. The number of nitrogens with zero attached hydrogens (tertiary/aromatic N) is 4. The Morgan fingerprint density at radius 3 is 2.75 bits per heavy atom. The van der Waals surface area contributed by atoms with Crippen molar-refractivity contribution in [1.82, 2.24) is 19.5 Å². The highest BCUT2D eigenvalue weighted by atomic mass is 35.5. The highest BCUT2D eigenvalue weighted by Gasteiger charge is 2.03. The summed E-state index contributed by atoms with van der Waals surface area (Å²) < 4.78 is 1.85. The molecule has 2 aromatic rings. The fraction of sp³-hybridized carbons (Fsp3) is 0.200. The number of rotatable bonds is 4. The van der Waals surface area contributed by atoms with E-state index in [4.69, 9.17) is 11.6 Å². The van der Waals surface area contributed by atoms with E-state index in [1.54, 1.807) is 18.7 Å². The molecule has 0 fully saturated rings. The Balaban J connectivity index is 2.17. The molecule has 0 radical (unpaired) electrons. The molecule has 0 saturated heterocycles. The van der Waals surface area contributed by atoms with Crippen molar-refractivity contribution >= 4 is 17.9 Å². The van der Waals surface area contributed by atoms with Crippen molar-refractivity contribution in [3.8, 4) is 11.3 Å². The molecule has 0 bridgehead atoms. The van der Waals surface area contributed by atoms with Crippen LogP contribution in [0.4, 0.5) is 0 Å². The highest BCUT2D eigenvalue weighted by molar-refractivity contribution is 6.28. The van der Waals surface area contributed by atoms with Crippen LogP contribution >= 0.6 is 11.6 Å². The van der Waals surface area contributed by atoms with Gasteiger partial charge in [0, 0.05) is 37.1 Å². The molecule has 0 aromatic carbocycles. The number of carbonyl (C=O) groups excluding carboxylic acids is 1. The molecule has 16 heavy (non-hydrogen) atoms. The van der Waals surface area contributed by atoms with Gasteiger partial charge in [0.2, 0.25) is 5.28 Å². The Bertz CT molecular complexity index is 480. The zero-order valence-electron chi connectivity index (χ0n) is 8.38. The van der Waals surface area contributed by atoms with Crippen LogP contribution in [0.25, 0.3) is 11.3 Å². The summed E-state index contributed by atoms with van der Waals surface area (Å²) in [5.41, 5.74) is 1.57. The van der Waals surface area contributed by atoms with E-state index in [9.17, 15) is 4.79 Å². The fourth-order valence-corrected chi connectivity index (χ4v) is 1.38. The first-order chi connectivity index (χ1) is 7.79. The molecule has 2 rings (SSSR count). The van der Waals surface area contributed by atoms with Gasteiger partial charge in [-0.2, -0.15) is 0 Å². The third-order valence-electron chi connectivity index (χ3n) is 2.05. The van der Waals surface area contributed by atoms with Crippen LogP contribution in [0.5, 0.6) is 0 Å². The lowest BCUT2D eigenvalue weighted by atomic mass is 10.3. The minimum absolute atomic E-state index is 0.212. The lowest BCUT2D eigenvalue weighted by Crippen LogP contribution is -1.94. The smallest absolute Gasteiger partial charge is 0.222 e. The first kappa shape index (κ1) is 10.8. The number of hydrogen-bond donors (Lipinski definition) is 0. The van der Waals surface area contributed by atoms with Crippen LogP contribution in [-0.4, -0.2) is 25.8 Å². The molecule has 0 aliphatic carbocycles. The molecular weight excluding hydrogens is 228 g/mol. The predicted octanol–water partition coefficient (Wildman–Crippen LogP) is 1.58. The zero-order chi connectivity index (χ0) is 11.4. The van der Waals surface area contributed by atoms with Gasteiger partial charge in [-0.25, -0.2) is 15.0 Å². The summed E-state index contributed by atoms with van der Waals surface area (Å²) >= 11 is 5.59. The van der Waals surface area contributed by atoms with Crippen LogP contribution in [0, 0.1) is 0 Å². The lowest BCUT2D eigenvalue weighted by molar-refractivity contribution is -0.108. The third-order valence-corrected chi connectivity index (χ3v) is 2.25. The molecule has 0 amide bonds. The third kappa shape index (κ3) is 2.43. The molecule has 0 atom stereocenters. The molecule has 0 saturated carbocycles. The van der Waals surface area contributed by atoms with Crippen LogP contribution in [0.3, 0.4) is 0 Å². The number of hydrogen-bond acceptors (Lipinski definition) is 4. The molecule has 0 aliphatic heterocycles. The number of imidazole rings is 1. The zero-order valence-corrected chi connectivity index (χ0v) is 9.13. The summed E-state index contributed by atoms with van der Waals surface area (Å²) in [6.45, 7) is 0.630. The Morgan fingerprint density at radius 1 is 1.31 bits per heavy atom. The first-order valence-electron chi connectivity index (χ1n) is 4.73. The molecule has 6 heteroatoms. The molecule has 0 unspecified atom stereocenters. The summed E-state index contributed by atoms with van der Waals surface area (Å²) in [6, 6.07) is 0. The quantitative estimate of drug-likeness (QED) is 0.597. The number of aryl methyl sites for hydroxylation is 1.